The zero-order valence-electron chi connectivity index (χ0n) is 17.6. The van der Waals surface area contributed by atoms with E-state index in [1.807, 2.05) is 0 Å². The van der Waals surface area contributed by atoms with Gasteiger partial charge in [0.1, 0.15) is 17.1 Å². The van der Waals surface area contributed by atoms with Crippen LogP contribution in [0.2, 0.25) is 0 Å². The molecule has 0 bridgehead atoms. The Kier molecular flexibility index (Phi) is 5.93. The second kappa shape index (κ2) is 8.83. The third-order valence-electron chi connectivity index (χ3n) is 5.06. The molecule has 0 fully saturated rings. The summed E-state index contributed by atoms with van der Waals surface area (Å²) in [5.74, 6) is -1.70. The highest BCUT2D eigenvalue weighted by Crippen LogP contribution is 2.19. The van der Waals surface area contributed by atoms with E-state index in [0.717, 1.165) is 22.0 Å². The molecular weight excluding hydrogens is 449 g/mol. The van der Waals surface area contributed by atoms with Crippen molar-refractivity contribution in [3.8, 4) is 5.69 Å². The lowest BCUT2D eigenvalue weighted by Gasteiger charge is -2.14. The fourth-order valence-corrected chi connectivity index (χ4v) is 4.36. The minimum Gasteiger partial charge on any atom is -0.465 e. The molecule has 0 radical (unpaired) electrons. The molecule has 33 heavy (non-hydrogen) atoms. The van der Waals surface area contributed by atoms with Crippen LogP contribution in [0.25, 0.3) is 15.9 Å². The van der Waals surface area contributed by atoms with Gasteiger partial charge in [0.05, 0.1) is 29.6 Å². The van der Waals surface area contributed by atoms with Gasteiger partial charge in [0.2, 0.25) is 5.91 Å². The minimum absolute atomic E-state index is 0.160. The number of ether oxygens (including phenoxy) is 1. The molecule has 0 aliphatic heterocycles. The molecule has 0 saturated carbocycles. The lowest BCUT2D eigenvalue weighted by atomic mass is 10.2. The largest absolute Gasteiger partial charge is 0.465 e. The number of esters is 1. The van der Waals surface area contributed by atoms with Crippen molar-refractivity contribution in [1.29, 1.82) is 0 Å². The van der Waals surface area contributed by atoms with E-state index in [2.05, 4.69) is 5.32 Å². The molecule has 0 spiro atoms. The third kappa shape index (κ3) is 4.08. The van der Waals surface area contributed by atoms with Gasteiger partial charge in [-0.1, -0.05) is 12.1 Å². The smallest absolute Gasteiger partial charge is 0.339 e. The molecular formula is C23H18FN3O5S. The van der Waals surface area contributed by atoms with Crippen molar-refractivity contribution >= 4 is 39.1 Å². The Labute approximate surface area is 190 Å². The maximum Gasteiger partial charge on any atom is 0.339 e. The first-order chi connectivity index (χ1) is 15.8. The maximum absolute atomic E-state index is 13.6. The zero-order valence-corrected chi connectivity index (χ0v) is 18.4. The summed E-state index contributed by atoms with van der Waals surface area (Å²) in [4.78, 5) is 51.2. The van der Waals surface area contributed by atoms with Crippen LogP contribution >= 0.6 is 11.3 Å². The quantitative estimate of drug-likeness (QED) is 0.455. The molecule has 4 aromatic rings. The number of methoxy groups -OCH3 is 1. The van der Waals surface area contributed by atoms with Crippen molar-refractivity contribution in [3.63, 3.8) is 0 Å². The Morgan fingerprint density at radius 2 is 1.88 bits per heavy atom. The van der Waals surface area contributed by atoms with Crippen LogP contribution < -0.4 is 16.6 Å². The number of hydrogen-bond donors (Lipinski definition) is 1. The molecule has 2 heterocycles. The second-order valence-corrected chi connectivity index (χ2v) is 8.08. The first kappa shape index (κ1) is 22.2. The average molecular weight is 467 g/mol. The van der Waals surface area contributed by atoms with E-state index in [4.69, 9.17) is 4.74 Å². The van der Waals surface area contributed by atoms with Crippen LogP contribution in [0.4, 0.5) is 10.1 Å². The number of amides is 1. The summed E-state index contributed by atoms with van der Waals surface area (Å²) in [6, 6.07) is 11.6. The third-order valence-corrected chi connectivity index (χ3v) is 5.95. The Morgan fingerprint density at radius 3 is 2.61 bits per heavy atom. The molecule has 4 rings (SSSR count). The summed E-state index contributed by atoms with van der Waals surface area (Å²) >= 11 is 1.14. The monoisotopic (exact) mass is 467 g/mol. The van der Waals surface area contributed by atoms with Crippen molar-refractivity contribution in [2.24, 2.45) is 0 Å². The van der Waals surface area contributed by atoms with Crippen molar-refractivity contribution in [1.82, 2.24) is 9.13 Å². The van der Waals surface area contributed by atoms with Crippen molar-refractivity contribution in [2.75, 3.05) is 12.4 Å². The van der Waals surface area contributed by atoms with E-state index in [-0.39, 0.29) is 21.6 Å². The van der Waals surface area contributed by atoms with Gasteiger partial charge in [-0.05, 0) is 54.3 Å². The summed E-state index contributed by atoms with van der Waals surface area (Å²) in [6.07, 6.45) is 0. The van der Waals surface area contributed by atoms with Gasteiger partial charge < -0.3 is 10.1 Å². The van der Waals surface area contributed by atoms with Crippen molar-refractivity contribution in [3.05, 3.63) is 91.7 Å². The van der Waals surface area contributed by atoms with E-state index in [9.17, 15) is 23.6 Å². The molecule has 1 amide bonds. The molecule has 0 aliphatic carbocycles. The predicted octanol–water partition coefficient (Wildman–Crippen LogP) is 3.09. The van der Waals surface area contributed by atoms with Crippen LogP contribution in [0.3, 0.4) is 0 Å². The summed E-state index contributed by atoms with van der Waals surface area (Å²) < 4.78 is 20.7. The molecule has 0 saturated heterocycles. The number of carbonyl (C=O) groups excluding carboxylic acids is 2. The van der Waals surface area contributed by atoms with Crippen molar-refractivity contribution < 1.29 is 18.7 Å². The van der Waals surface area contributed by atoms with E-state index >= 15 is 0 Å². The van der Waals surface area contributed by atoms with Gasteiger partial charge in [0.25, 0.3) is 5.56 Å². The Bertz CT molecular complexity index is 1520. The number of benzene rings is 2. The topological polar surface area (TPSA) is 99.4 Å². The number of aryl methyl sites for hydroxylation is 1. The van der Waals surface area contributed by atoms with E-state index in [1.54, 1.807) is 30.5 Å². The van der Waals surface area contributed by atoms with Crippen molar-refractivity contribution in [2.45, 2.75) is 13.5 Å². The lowest BCUT2D eigenvalue weighted by Crippen LogP contribution is -2.40. The zero-order chi connectivity index (χ0) is 23.7. The van der Waals surface area contributed by atoms with Gasteiger partial charge in [-0.3, -0.25) is 14.2 Å². The number of nitrogens with one attached hydrogen (secondary N) is 1. The van der Waals surface area contributed by atoms with Crippen LogP contribution in [0.1, 0.15) is 15.9 Å². The standard InChI is InChI=1S/C23H18FN3O5S/c1-13-11-14(24)7-8-17(13)27-21(29)20-18(9-10-33-20)26(23(27)31)12-19(28)25-16-6-4-3-5-15(16)22(30)32-2/h3-11H,12H2,1-2H3,(H,25,28). The fraction of sp³-hybridized carbons (Fsp3) is 0.130. The van der Waals surface area contributed by atoms with Crippen LogP contribution in [-0.4, -0.2) is 28.1 Å². The second-order valence-electron chi connectivity index (χ2n) is 7.16. The highest BCUT2D eigenvalue weighted by molar-refractivity contribution is 7.17. The number of anilines is 1. The van der Waals surface area contributed by atoms with E-state index < -0.39 is 35.5 Å². The number of rotatable bonds is 5. The molecule has 2 aromatic heterocycles. The summed E-state index contributed by atoms with van der Waals surface area (Å²) in [5.41, 5.74) is 0.0341. The number of thiophene rings is 1. The number of aromatic nitrogens is 2. The van der Waals surface area contributed by atoms with Crippen LogP contribution in [0.15, 0.2) is 63.5 Å². The number of hydrogen-bond acceptors (Lipinski definition) is 6. The molecule has 0 aliphatic rings. The molecule has 8 nitrogen and oxygen atoms in total. The lowest BCUT2D eigenvalue weighted by molar-refractivity contribution is -0.116. The highest BCUT2D eigenvalue weighted by Gasteiger charge is 2.20. The summed E-state index contributed by atoms with van der Waals surface area (Å²) in [7, 11) is 1.23. The Balaban J connectivity index is 1.79. The molecule has 0 unspecified atom stereocenters. The van der Waals surface area contributed by atoms with Gasteiger partial charge in [-0.25, -0.2) is 18.5 Å². The predicted molar refractivity (Wildman–Crippen MR) is 123 cm³/mol. The number of nitrogens with zero attached hydrogens (tertiary/aromatic N) is 2. The SMILES string of the molecule is COC(=O)c1ccccc1NC(=O)Cn1c(=O)n(-c2ccc(F)cc2C)c(=O)c2sccc21. The van der Waals surface area contributed by atoms with Gasteiger partial charge in [0.15, 0.2) is 0 Å². The van der Waals surface area contributed by atoms with E-state index in [0.29, 0.717) is 11.1 Å². The Morgan fingerprint density at radius 1 is 1.12 bits per heavy atom. The molecule has 10 heteroatoms. The summed E-state index contributed by atoms with van der Waals surface area (Å²) in [6.45, 7) is 1.17. The Hall–Kier alpha value is -4.05. The average Bonchev–Trinajstić information content (AvgIpc) is 3.28. The van der Waals surface area contributed by atoms with Crippen LogP contribution in [-0.2, 0) is 16.1 Å². The normalized spacial score (nSPS) is 10.9. The van der Waals surface area contributed by atoms with Crippen LogP contribution in [0.5, 0.6) is 0 Å². The fourth-order valence-electron chi connectivity index (χ4n) is 3.54. The van der Waals surface area contributed by atoms with E-state index in [1.165, 1.54) is 35.9 Å². The van der Waals surface area contributed by atoms with Gasteiger partial charge in [0, 0.05) is 0 Å². The van der Waals surface area contributed by atoms with Gasteiger partial charge in [-0.15, -0.1) is 11.3 Å². The number of carbonyl (C=O) groups is 2. The maximum atomic E-state index is 13.6. The molecule has 168 valence electrons. The molecule has 2 aromatic carbocycles. The van der Waals surface area contributed by atoms with Gasteiger partial charge >= 0.3 is 11.7 Å². The minimum atomic E-state index is -0.739. The summed E-state index contributed by atoms with van der Waals surface area (Å²) in [5, 5.41) is 4.27. The molecule has 0 atom stereocenters. The highest BCUT2D eigenvalue weighted by atomic mass is 32.1. The first-order valence-corrected chi connectivity index (χ1v) is 10.7. The molecule has 1 N–H and O–H groups in total. The first-order valence-electron chi connectivity index (χ1n) is 9.78. The number of para-hydroxylation sites is 1. The number of halogens is 1. The number of fused-ring (bicyclic) bond motifs is 1. The van der Waals surface area contributed by atoms with Crippen LogP contribution in [0, 0.1) is 12.7 Å². The van der Waals surface area contributed by atoms with Gasteiger partial charge in [-0.2, -0.15) is 0 Å².